The zero-order valence-corrected chi connectivity index (χ0v) is 8.89. The van der Waals surface area contributed by atoms with Gasteiger partial charge in [0.15, 0.2) is 11.5 Å². The maximum atomic E-state index is 11.1. The van der Waals surface area contributed by atoms with Crippen LogP contribution < -0.4 is 0 Å². The third kappa shape index (κ3) is 0.831. The Bertz CT molecular complexity index is 534. The minimum Gasteiger partial charge on any atom is -0.507 e. The maximum Gasteiger partial charge on any atom is 0.325 e. The molecule has 104 valence electrons. The van der Waals surface area contributed by atoms with Crippen molar-refractivity contribution in [3.05, 3.63) is 23.0 Å². The third-order valence-electron chi connectivity index (χ3n) is 3.57. The molecular formula is C9H8O10. The van der Waals surface area contributed by atoms with Gasteiger partial charge in [-0.1, -0.05) is 0 Å². The van der Waals surface area contributed by atoms with Crippen molar-refractivity contribution in [3.63, 3.8) is 0 Å². The van der Waals surface area contributed by atoms with Crippen LogP contribution in [0.1, 0.15) is 0 Å². The van der Waals surface area contributed by atoms with Crippen LogP contribution in [0.4, 0.5) is 0 Å². The summed E-state index contributed by atoms with van der Waals surface area (Å²) in [4.78, 5) is 22.3. The summed E-state index contributed by atoms with van der Waals surface area (Å²) in [5.41, 5.74) is -6.63. The second kappa shape index (κ2) is 2.92. The first-order valence-electron chi connectivity index (χ1n) is 4.70. The summed E-state index contributed by atoms with van der Waals surface area (Å²) in [5, 5.41) is 74.6. The number of hydrogen-bond acceptors (Lipinski definition) is 8. The van der Waals surface area contributed by atoms with Crippen molar-refractivity contribution in [1.82, 2.24) is 0 Å². The standard InChI is InChI=1S/C9H8O10/c10-1-2(11)4(13)8(6(16)17)7(3(1)12,5(14)15)9(8,18)19/h10-13,18-19H,(H,14,15)(H,16,17). The van der Waals surface area contributed by atoms with Crippen LogP contribution in [0.25, 0.3) is 0 Å². The van der Waals surface area contributed by atoms with Crippen molar-refractivity contribution in [2.75, 3.05) is 0 Å². The van der Waals surface area contributed by atoms with Crippen molar-refractivity contribution in [2.24, 2.45) is 10.8 Å². The molecule has 0 saturated heterocycles. The van der Waals surface area contributed by atoms with E-state index in [0.29, 0.717) is 0 Å². The molecule has 0 aromatic heterocycles. The molecule has 2 unspecified atom stereocenters. The number of aliphatic carboxylic acids is 2. The second-order valence-electron chi connectivity index (χ2n) is 4.18. The number of rotatable bonds is 2. The molecule has 0 spiro atoms. The quantitative estimate of drug-likeness (QED) is 0.274. The van der Waals surface area contributed by atoms with Crippen molar-refractivity contribution < 1.29 is 50.4 Å². The number of carboxylic acids is 2. The Hall–Kier alpha value is -2.46. The first-order chi connectivity index (χ1) is 8.52. The molecule has 0 aromatic carbocycles. The van der Waals surface area contributed by atoms with Gasteiger partial charge in [-0.15, -0.1) is 0 Å². The van der Waals surface area contributed by atoms with Crippen molar-refractivity contribution in [3.8, 4) is 0 Å². The Morgan fingerprint density at radius 1 is 0.737 bits per heavy atom. The average molecular weight is 276 g/mol. The Balaban J connectivity index is 2.95. The lowest BCUT2D eigenvalue weighted by Gasteiger charge is -2.21. The molecule has 0 heterocycles. The molecule has 0 radical (unpaired) electrons. The third-order valence-corrected chi connectivity index (χ3v) is 3.57. The Morgan fingerprint density at radius 2 is 1.00 bits per heavy atom. The summed E-state index contributed by atoms with van der Waals surface area (Å²) in [6.07, 6.45) is 0. The summed E-state index contributed by atoms with van der Waals surface area (Å²) in [6, 6.07) is 0. The summed E-state index contributed by atoms with van der Waals surface area (Å²) < 4.78 is 0. The van der Waals surface area contributed by atoms with Gasteiger partial charge in [-0.05, 0) is 0 Å². The van der Waals surface area contributed by atoms with Gasteiger partial charge in [-0.3, -0.25) is 9.59 Å². The minimum atomic E-state index is -3.65. The highest BCUT2D eigenvalue weighted by atomic mass is 16.5. The van der Waals surface area contributed by atoms with E-state index in [1.165, 1.54) is 0 Å². The highest BCUT2D eigenvalue weighted by Gasteiger charge is 3.02. The summed E-state index contributed by atoms with van der Waals surface area (Å²) in [7, 11) is 0. The lowest BCUT2D eigenvalue weighted by atomic mass is 9.84. The zero-order chi connectivity index (χ0) is 15.0. The number of aliphatic hydroxyl groups is 6. The molecule has 1 saturated carbocycles. The van der Waals surface area contributed by atoms with Crippen LogP contribution in [-0.4, -0.2) is 58.6 Å². The van der Waals surface area contributed by atoms with Gasteiger partial charge in [0, 0.05) is 0 Å². The fourth-order valence-corrected chi connectivity index (χ4v) is 2.62. The Labute approximate surface area is 103 Å². The van der Waals surface area contributed by atoms with Crippen LogP contribution in [0.15, 0.2) is 23.0 Å². The fourth-order valence-electron chi connectivity index (χ4n) is 2.62. The summed E-state index contributed by atoms with van der Waals surface area (Å²) in [5.74, 6) is -14.6. The molecule has 2 aliphatic rings. The van der Waals surface area contributed by atoms with E-state index in [2.05, 4.69) is 0 Å². The van der Waals surface area contributed by atoms with Crippen LogP contribution in [0.5, 0.6) is 0 Å². The van der Waals surface area contributed by atoms with Gasteiger partial charge in [-0.25, -0.2) is 0 Å². The van der Waals surface area contributed by atoms with Gasteiger partial charge < -0.3 is 40.9 Å². The molecule has 19 heavy (non-hydrogen) atoms. The first-order valence-corrected chi connectivity index (χ1v) is 4.70. The van der Waals surface area contributed by atoms with Crippen molar-refractivity contribution in [1.29, 1.82) is 0 Å². The van der Waals surface area contributed by atoms with Gasteiger partial charge >= 0.3 is 11.9 Å². The molecule has 0 amide bonds. The highest BCUT2D eigenvalue weighted by molar-refractivity contribution is 6.02. The predicted molar refractivity (Wildman–Crippen MR) is 51.9 cm³/mol. The van der Waals surface area contributed by atoms with E-state index in [4.69, 9.17) is 10.2 Å². The number of carboxylic acid groups (broad SMARTS) is 2. The van der Waals surface area contributed by atoms with Crippen LogP contribution in [0.3, 0.4) is 0 Å². The normalized spacial score (nSPS) is 35.9. The van der Waals surface area contributed by atoms with Crippen LogP contribution in [-0.2, 0) is 9.59 Å². The molecule has 0 aromatic rings. The smallest absolute Gasteiger partial charge is 0.325 e. The fraction of sp³-hybridized carbons (Fsp3) is 0.333. The molecule has 0 bridgehead atoms. The number of carbonyl (C=O) groups is 2. The van der Waals surface area contributed by atoms with Gasteiger partial charge in [0.2, 0.25) is 28.1 Å². The average Bonchev–Trinajstić information content (AvgIpc) is 2.78. The Kier molecular flexibility index (Phi) is 2.00. The van der Waals surface area contributed by atoms with Gasteiger partial charge in [-0.2, -0.15) is 0 Å². The van der Waals surface area contributed by atoms with E-state index in [0.717, 1.165) is 0 Å². The molecular weight excluding hydrogens is 268 g/mol. The van der Waals surface area contributed by atoms with E-state index >= 15 is 0 Å². The van der Waals surface area contributed by atoms with E-state index in [1.54, 1.807) is 0 Å². The molecule has 10 nitrogen and oxygen atoms in total. The molecule has 2 rings (SSSR count). The number of hydrogen-bond donors (Lipinski definition) is 8. The lowest BCUT2D eigenvalue weighted by molar-refractivity contribution is -0.161. The van der Waals surface area contributed by atoms with Gasteiger partial charge in [0.25, 0.3) is 0 Å². The summed E-state index contributed by atoms with van der Waals surface area (Å²) >= 11 is 0. The topological polar surface area (TPSA) is 196 Å². The van der Waals surface area contributed by atoms with Crippen LogP contribution in [0.2, 0.25) is 0 Å². The largest absolute Gasteiger partial charge is 0.507 e. The van der Waals surface area contributed by atoms with E-state index in [1.807, 2.05) is 0 Å². The van der Waals surface area contributed by atoms with E-state index < -0.39 is 51.6 Å². The van der Waals surface area contributed by atoms with Crippen molar-refractivity contribution in [2.45, 2.75) is 5.79 Å². The zero-order valence-electron chi connectivity index (χ0n) is 8.89. The van der Waals surface area contributed by atoms with Crippen LogP contribution >= 0.6 is 0 Å². The number of fused-ring (bicyclic) bond motifs is 1. The first kappa shape index (κ1) is 13.0. The molecule has 2 atom stereocenters. The molecule has 2 aliphatic carbocycles. The summed E-state index contributed by atoms with van der Waals surface area (Å²) in [6.45, 7) is 0. The van der Waals surface area contributed by atoms with E-state index in [-0.39, 0.29) is 0 Å². The SMILES string of the molecule is O=C(O)C12C(O)=C(O)C(O)=C(O)C1(C(=O)O)C2(O)O. The molecule has 0 aliphatic heterocycles. The predicted octanol–water partition coefficient (Wildman–Crippen LogP) is -1.51. The van der Waals surface area contributed by atoms with Gasteiger partial charge in [0.05, 0.1) is 0 Å². The second-order valence-corrected chi connectivity index (χ2v) is 4.18. The van der Waals surface area contributed by atoms with Gasteiger partial charge in [0.1, 0.15) is 0 Å². The lowest BCUT2D eigenvalue weighted by Crippen LogP contribution is -2.36. The highest BCUT2D eigenvalue weighted by Crippen LogP contribution is 2.78. The number of aliphatic hydroxyl groups excluding tert-OH is 4. The van der Waals surface area contributed by atoms with Crippen molar-refractivity contribution >= 4 is 11.9 Å². The Morgan fingerprint density at radius 3 is 1.21 bits per heavy atom. The van der Waals surface area contributed by atoms with E-state index in [9.17, 15) is 40.2 Å². The minimum absolute atomic E-state index is 1.55. The molecule has 1 fully saturated rings. The molecule has 8 N–H and O–H groups in total. The molecule has 10 heteroatoms. The maximum absolute atomic E-state index is 11.1. The monoisotopic (exact) mass is 276 g/mol. The van der Waals surface area contributed by atoms with Crippen LogP contribution in [0, 0.1) is 10.8 Å².